The molecule has 2 heterocycles. The lowest BCUT2D eigenvalue weighted by atomic mass is 10.5. The lowest BCUT2D eigenvalue weighted by molar-refractivity contribution is 1.24. The van der Waals surface area contributed by atoms with Crippen LogP contribution in [0.2, 0.25) is 0 Å². The lowest BCUT2D eigenvalue weighted by Crippen LogP contribution is -1.72. The molecule has 0 bridgehead atoms. The first-order chi connectivity index (χ1) is 5.36. The third-order valence-corrected chi connectivity index (χ3v) is 2.47. The summed E-state index contributed by atoms with van der Waals surface area (Å²) in [5.74, 6) is 0. The molecule has 0 saturated heterocycles. The summed E-state index contributed by atoms with van der Waals surface area (Å²) in [6.45, 7) is 0. The highest BCUT2D eigenvalue weighted by Crippen LogP contribution is 2.19. The normalized spacial score (nSPS) is 10.3. The Hall–Kier alpha value is -0.750. The van der Waals surface area contributed by atoms with E-state index in [9.17, 15) is 0 Å². The number of aromatic nitrogens is 4. The minimum Gasteiger partial charge on any atom is -0.343 e. The minimum absolute atomic E-state index is 0.618. The third kappa shape index (κ3) is 1.31. The summed E-state index contributed by atoms with van der Waals surface area (Å²) >= 11 is 4.50. The van der Waals surface area contributed by atoms with Gasteiger partial charge in [0.1, 0.15) is 0 Å². The zero-order chi connectivity index (χ0) is 7.68. The van der Waals surface area contributed by atoms with E-state index in [4.69, 9.17) is 0 Å². The van der Waals surface area contributed by atoms with Gasteiger partial charge in [-0.3, -0.25) is 0 Å². The molecule has 0 atom stereocenters. The summed E-state index contributed by atoms with van der Waals surface area (Å²) in [7, 11) is 0. The molecule has 0 spiro atoms. The van der Waals surface area contributed by atoms with E-state index in [-0.39, 0.29) is 0 Å². The first-order valence-corrected chi connectivity index (χ1v) is 4.41. The van der Waals surface area contributed by atoms with E-state index in [2.05, 4.69) is 35.3 Å². The van der Waals surface area contributed by atoms with Crippen LogP contribution >= 0.6 is 27.5 Å². The standard InChI is InChI=1S/C5H3BrN4S/c6-5-9-4(11-10-5)3-1-7-2-8-3/h1-2H,(H,7,8). The Morgan fingerprint density at radius 2 is 2.45 bits per heavy atom. The van der Waals surface area contributed by atoms with Crippen molar-refractivity contribution in [2.75, 3.05) is 0 Å². The second-order valence-electron chi connectivity index (χ2n) is 1.83. The van der Waals surface area contributed by atoms with Crippen molar-refractivity contribution < 1.29 is 0 Å². The van der Waals surface area contributed by atoms with E-state index in [1.165, 1.54) is 11.5 Å². The molecule has 0 aliphatic heterocycles. The average Bonchev–Trinajstić information content (AvgIpc) is 2.55. The second-order valence-corrected chi connectivity index (χ2v) is 3.29. The van der Waals surface area contributed by atoms with E-state index < -0.39 is 0 Å². The maximum atomic E-state index is 4.11. The molecule has 0 radical (unpaired) electrons. The van der Waals surface area contributed by atoms with E-state index in [0.29, 0.717) is 4.73 Å². The molecule has 0 amide bonds. The van der Waals surface area contributed by atoms with Crippen LogP contribution in [0.25, 0.3) is 10.7 Å². The van der Waals surface area contributed by atoms with Crippen LogP contribution < -0.4 is 0 Å². The predicted octanol–water partition coefficient (Wildman–Crippen LogP) is 1.69. The summed E-state index contributed by atoms with van der Waals surface area (Å²) in [4.78, 5) is 10.9. The zero-order valence-electron chi connectivity index (χ0n) is 5.28. The van der Waals surface area contributed by atoms with Gasteiger partial charge in [0.05, 0.1) is 18.2 Å². The highest BCUT2D eigenvalue weighted by molar-refractivity contribution is 9.10. The Labute approximate surface area is 75.0 Å². The number of hydrogen-bond acceptors (Lipinski definition) is 4. The average molecular weight is 231 g/mol. The molecular weight excluding hydrogens is 228 g/mol. The van der Waals surface area contributed by atoms with Gasteiger partial charge in [0.15, 0.2) is 5.01 Å². The van der Waals surface area contributed by atoms with E-state index in [1.54, 1.807) is 12.5 Å². The van der Waals surface area contributed by atoms with Gasteiger partial charge in [-0.25, -0.2) is 9.97 Å². The number of halogens is 1. The molecule has 2 aromatic heterocycles. The van der Waals surface area contributed by atoms with E-state index >= 15 is 0 Å². The highest BCUT2D eigenvalue weighted by atomic mass is 79.9. The molecule has 0 aromatic carbocycles. The summed E-state index contributed by atoms with van der Waals surface area (Å²) in [5, 5.41) is 0.842. The van der Waals surface area contributed by atoms with Crippen molar-refractivity contribution in [2.24, 2.45) is 0 Å². The van der Waals surface area contributed by atoms with Crippen LogP contribution in [0.1, 0.15) is 0 Å². The third-order valence-electron chi connectivity index (χ3n) is 1.13. The molecule has 1 N–H and O–H groups in total. The molecule has 4 nitrogen and oxygen atoms in total. The van der Waals surface area contributed by atoms with Crippen LogP contribution in [0.3, 0.4) is 0 Å². The number of nitrogens with one attached hydrogen (secondary N) is 1. The summed E-state index contributed by atoms with van der Waals surface area (Å²) < 4.78 is 4.59. The molecule has 2 aromatic rings. The van der Waals surface area contributed by atoms with Gasteiger partial charge in [-0.2, -0.15) is 4.37 Å². The van der Waals surface area contributed by atoms with Crippen molar-refractivity contribution in [3.63, 3.8) is 0 Å². The van der Waals surface area contributed by atoms with Crippen molar-refractivity contribution >= 4 is 27.5 Å². The quantitative estimate of drug-likeness (QED) is 0.812. The molecule has 11 heavy (non-hydrogen) atoms. The topological polar surface area (TPSA) is 54.5 Å². The Balaban J connectivity index is 2.45. The minimum atomic E-state index is 0.618. The number of nitrogens with zero attached hydrogens (tertiary/aromatic N) is 3. The Morgan fingerprint density at radius 3 is 3.00 bits per heavy atom. The molecule has 56 valence electrons. The number of imidazole rings is 1. The van der Waals surface area contributed by atoms with Crippen molar-refractivity contribution in [3.05, 3.63) is 17.3 Å². The molecule has 0 fully saturated rings. The molecule has 0 unspecified atom stereocenters. The monoisotopic (exact) mass is 230 g/mol. The summed E-state index contributed by atoms with van der Waals surface area (Å²) in [6, 6.07) is 0. The van der Waals surface area contributed by atoms with Crippen LogP contribution in [-0.2, 0) is 0 Å². The fourth-order valence-corrected chi connectivity index (χ4v) is 1.74. The van der Waals surface area contributed by atoms with Gasteiger partial charge in [-0.15, -0.1) is 0 Å². The zero-order valence-corrected chi connectivity index (χ0v) is 7.69. The SMILES string of the molecule is Brc1nsc(-c2cnc[nH]2)n1. The van der Waals surface area contributed by atoms with Crippen LogP contribution in [0.5, 0.6) is 0 Å². The van der Waals surface area contributed by atoms with Crippen LogP contribution in [0.15, 0.2) is 17.3 Å². The van der Waals surface area contributed by atoms with Crippen LogP contribution in [-0.4, -0.2) is 19.3 Å². The Morgan fingerprint density at radius 1 is 1.55 bits per heavy atom. The van der Waals surface area contributed by atoms with Gasteiger partial charge < -0.3 is 4.98 Å². The smallest absolute Gasteiger partial charge is 0.209 e. The van der Waals surface area contributed by atoms with Gasteiger partial charge in [-0.1, -0.05) is 0 Å². The highest BCUT2D eigenvalue weighted by Gasteiger charge is 2.03. The molecule has 0 aliphatic rings. The Bertz CT molecular complexity index is 341. The van der Waals surface area contributed by atoms with E-state index in [1.807, 2.05) is 0 Å². The van der Waals surface area contributed by atoms with Gasteiger partial charge in [0.2, 0.25) is 4.73 Å². The van der Waals surface area contributed by atoms with Crippen LogP contribution in [0, 0.1) is 0 Å². The number of H-pyrrole nitrogens is 1. The number of hydrogen-bond donors (Lipinski definition) is 1. The molecule has 2 rings (SSSR count). The second kappa shape index (κ2) is 2.71. The predicted molar refractivity (Wildman–Crippen MR) is 45.2 cm³/mol. The van der Waals surface area contributed by atoms with Crippen molar-refractivity contribution in [1.82, 2.24) is 19.3 Å². The van der Waals surface area contributed by atoms with Gasteiger partial charge in [-0.05, 0) is 27.5 Å². The largest absolute Gasteiger partial charge is 0.343 e. The van der Waals surface area contributed by atoms with Gasteiger partial charge >= 0.3 is 0 Å². The summed E-state index contributed by atoms with van der Waals surface area (Å²) in [5.41, 5.74) is 0.896. The first-order valence-electron chi connectivity index (χ1n) is 2.84. The first kappa shape index (κ1) is 6.93. The maximum absolute atomic E-state index is 4.11. The maximum Gasteiger partial charge on any atom is 0.209 e. The van der Waals surface area contributed by atoms with Crippen molar-refractivity contribution in [3.8, 4) is 10.7 Å². The van der Waals surface area contributed by atoms with E-state index in [0.717, 1.165) is 10.7 Å². The van der Waals surface area contributed by atoms with Crippen LogP contribution in [0.4, 0.5) is 0 Å². The number of rotatable bonds is 1. The molecule has 6 heteroatoms. The summed E-state index contributed by atoms with van der Waals surface area (Å²) in [6.07, 6.45) is 3.33. The van der Waals surface area contributed by atoms with Crippen molar-refractivity contribution in [1.29, 1.82) is 0 Å². The Kier molecular flexibility index (Phi) is 1.71. The van der Waals surface area contributed by atoms with Crippen molar-refractivity contribution in [2.45, 2.75) is 0 Å². The van der Waals surface area contributed by atoms with Gasteiger partial charge in [0, 0.05) is 0 Å². The van der Waals surface area contributed by atoms with Gasteiger partial charge in [0.25, 0.3) is 0 Å². The lowest BCUT2D eigenvalue weighted by Gasteiger charge is -1.82. The molecule has 0 saturated carbocycles. The molecular formula is C5H3BrN4S. The fourth-order valence-electron chi connectivity index (χ4n) is 0.688. The number of aromatic amines is 1. The fraction of sp³-hybridized carbons (Fsp3) is 0. The molecule has 0 aliphatic carbocycles.